The van der Waals surface area contributed by atoms with E-state index in [-0.39, 0.29) is 17.9 Å². The molecule has 0 bridgehead atoms. The largest absolute Gasteiger partial charge is 0.497 e. The molecule has 0 aliphatic carbocycles. The number of H-pyrrole nitrogens is 1. The fourth-order valence-corrected chi connectivity index (χ4v) is 4.49. The fourth-order valence-electron chi connectivity index (χ4n) is 4.49. The molecule has 1 aliphatic heterocycles. The lowest BCUT2D eigenvalue weighted by Gasteiger charge is -2.35. The zero-order valence-electron chi connectivity index (χ0n) is 18.4. The SMILES string of the molecule is CCC(CC(=O)N1CCCCC1c1ncc(-c2ccccc2)[nH]1)c1ccc(OC)cc1. The number of methoxy groups -OCH3 is 1. The summed E-state index contributed by atoms with van der Waals surface area (Å²) in [5, 5.41) is 0. The van der Waals surface area contributed by atoms with E-state index in [1.807, 2.05) is 41.4 Å². The van der Waals surface area contributed by atoms with Gasteiger partial charge in [-0.15, -0.1) is 0 Å². The number of benzene rings is 2. The highest BCUT2D eigenvalue weighted by atomic mass is 16.5. The van der Waals surface area contributed by atoms with Gasteiger partial charge >= 0.3 is 0 Å². The number of carbonyl (C=O) groups is 1. The van der Waals surface area contributed by atoms with E-state index in [1.165, 1.54) is 5.56 Å². The Labute approximate surface area is 184 Å². The van der Waals surface area contributed by atoms with Gasteiger partial charge in [-0.3, -0.25) is 4.79 Å². The number of imidazole rings is 1. The highest BCUT2D eigenvalue weighted by Gasteiger charge is 2.31. The molecule has 1 N–H and O–H groups in total. The zero-order valence-corrected chi connectivity index (χ0v) is 18.4. The van der Waals surface area contributed by atoms with Crippen molar-refractivity contribution in [2.45, 2.75) is 51.0 Å². The highest BCUT2D eigenvalue weighted by Crippen LogP contribution is 2.33. The molecule has 0 spiro atoms. The molecule has 2 heterocycles. The maximum absolute atomic E-state index is 13.4. The molecule has 1 amide bonds. The molecule has 5 heteroatoms. The van der Waals surface area contributed by atoms with Gasteiger partial charge in [0.2, 0.25) is 5.91 Å². The molecule has 2 unspecified atom stereocenters. The Hall–Kier alpha value is -3.08. The van der Waals surface area contributed by atoms with Crippen LogP contribution in [0.3, 0.4) is 0 Å². The number of ether oxygens (including phenoxy) is 1. The van der Waals surface area contributed by atoms with Crippen molar-refractivity contribution in [1.29, 1.82) is 0 Å². The highest BCUT2D eigenvalue weighted by molar-refractivity contribution is 5.77. The van der Waals surface area contributed by atoms with Crippen LogP contribution >= 0.6 is 0 Å². The number of nitrogens with one attached hydrogen (secondary N) is 1. The van der Waals surface area contributed by atoms with Crippen LogP contribution in [-0.2, 0) is 4.79 Å². The lowest BCUT2D eigenvalue weighted by atomic mass is 9.91. The molecule has 2 atom stereocenters. The number of amides is 1. The Morgan fingerprint density at radius 2 is 1.94 bits per heavy atom. The number of nitrogens with zero attached hydrogens (tertiary/aromatic N) is 2. The lowest BCUT2D eigenvalue weighted by molar-refractivity contribution is -0.135. The Morgan fingerprint density at radius 1 is 1.16 bits per heavy atom. The minimum Gasteiger partial charge on any atom is -0.497 e. The summed E-state index contributed by atoms with van der Waals surface area (Å²) in [6.07, 6.45) is 6.45. The number of hydrogen-bond donors (Lipinski definition) is 1. The summed E-state index contributed by atoms with van der Waals surface area (Å²) < 4.78 is 5.27. The topological polar surface area (TPSA) is 58.2 Å². The van der Waals surface area contributed by atoms with Crippen LogP contribution in [0.25, 0.3) is 11.3 Å². The molecular weight excluding hydrogens is 386 g/mol. The minimum atomic E-state index is 0.0204. The van der Waals surface area contributed by atoms with Crippen molar-refractivity contribution in [3.63, 3.8) is 0 Å². The number of carbonyl (C=O) groups excluding carboxylic acids is 1. The van der Waals surface area contributed by atoms with Gasteiger partial charge in [0.05, 0.1) is 25.0 Å². The number of hydrogen-bond acceptors (Lipinski definition) is 3. The summed E-state index contributed by atoms with van der Waals surface area (Å²) in [4.78, 5) is 23.6. The van der Waals surface area contributed by atoms with Gasteiger partial charge in [-0.25, -0.2) is 4.98 Å². The van der Waals surface area contributed by atoms with E-state index in [4.69, 9.17) is 4.74 Å². The molecule has 162 valence electrons. The van der Waals surface area contributed by atoms with Gasteiger partial charge in [-0.1, -0.05) is 49.4 Å². The predicted octanol–water partition coefficient (Wildman–Crippen LogP) is 5.72. The van der Waals surface area contributed by atoms with Crippen molar-refractivity contribution in [2.24, 2.45) is 0 Å². The van der Waals surface area contributed by atoms with Crippen molar-refractivity contribution < 1.29 is 9.53 Å². The summed E-state index contributed by atoms with van der Waals surface area (Å²) in [7, 11) is 1.67. The van der Waals surface area contributed by atoms with Crippen LogP contribution in [0.4, 0.5) is 0 Å². The quantitative estimate of drug-likeness (QED) is 0.535. The average Bonchev–Trinajstić information content (AvgIpc) is 3.33. The molecule has 2 aromatic carbocycles. The van der Waals surface area contributed by atoms with Gasteiger partial charge in [0, 0.05) is 13.0 Å². The number of aromatic nitrogens is 2. The van der Waals surface area contributed by atoms with Gasteiger partial charge in [-0.2, -0.15) is 0 Å². The number of piperidine rings is 1. The third-order valence-corrected chi connectivity index (χ3v) is 6.32. The Morgan fingerprint density at radius 3 is 2.65 bits per heavy atom. The molecule has 4 rings (SSSR count). The summed E-state index contributed by atoms with van der Waals surface area (Å²) in [5.74, 6) is 2.15. The summed E-state index contributed by atoms with van der Waals surface area (Å²) in [6, 6.07) is 18.3. The predicted molar refractivity (Wildman–Crippen MR) is 123 cm³/mol. The molecular formula is C26H31N3O2. The van der Waals surface area contributed by atoms with Crippen LogP contribution in [0, 0.1) is 0 Å². The fraction of sp³-hybridized carbons (Fsp3) is 0.385. The zero-order chi connectivity index (χ0) is 21.6. The Kier molecular flexibility index (Phi) is 6.70. The third kappa shape index (κ3) is 4.82. The molecule has 1 saturated heterocycles. The van der Waals surface area contributed by atoms with Crippen LogP contribution in [0.2, 0.25) is 0 Å². The summed E-state index contributed by atoms with van der Waals surface area (Å²) >= 11 is 0. The second kappa shape index (κ2) is 9.82. The second-order valence-corrected chi connectivity index (χ2v) is 8.23. The standard InChI is InChI=1S/C26H31N3O2/c1-3-19(20-12-14-22(31-2)15-13-20)17-25(30)29-16-8-7-11-24(29)26-27-18-23(28-26)21-9-5-4-6-10-21/h4-6,9-10,12-15,18-19,24H,3,7-8,11,16-17H2,1-2H3,(H,27,28). The van der Waals surface area contributed by atoms with E-state index in [0.717, 1.165) is 55.1 Å². The normalized spacial score (nSPS) is 17.4. The molecule has 3 aromatic rings. The first-order valence-electron chi connectivity index (χ1n) is 11.2. The van der Waals surface area contributed by atoms with Crippen molar-refractivity contribution in [2.75, 3.05) is 13.7 Å². The van der Waals surface area contributed by atoms with Gasteiger partial charge in [0.25, 0.3) is 0 Å². The van der Waals surface area contributed by atoms with Gasteiger partial charge < -0.3 is 14.6 Å². The van der Waals surface area contributed by atoms with Crippen LogP contribution in [0.15, 0.2) is 60.8 Å². The molecule has 1 fully saturated rings. The molecule has 31 heavy (non-hydrogen) atoms. The molecule has 0 saturated carbocycles. The van der Waals surface area contributed by atoms with Crippen molar-refractivity contribution >= 4 is 5.91 Å². The van der Waals surface area contributed by atoms with Crippen LogP contribution < -0.4 is 4.74 Å². The van der Waals surface area contributed by atoms with E-state index < -0.39 is 0 Å². The van der Waals surface area contributed by atoms with E-state index in [9.17, 15) is 4.79 Å². The first-order chi connectivity index (χ1) is 15.2. The van der Waals surface area contributed by atoms with E-state index in [0.29, 0.717) is 6.42 Å². The van der Waals surface area contributed by atoms with E-state index in [2.05, 4.69) is 41.2 Å². The van der Waals surface area contributed by atoms with Gasteiger partial charge in [0.15, 0.2) is 0 Å². The summed E-state index contributed by atoms with van der Waals surface area (Å²) in [6.45, 7) is 2.94. The van der Waals surface area contributed by atoms with Crippen molar-refractivity contribution in [3.05, 3.63) is 72.2 Å². The number of likely N-dealkylation sites (tertiary alicyclic amines) is 1. The minimum absolute atomic E-state index is 0.0204. The first kappa shape index (κ1) is 21.2. The van der Waals surface area contributed by atoms with Crippen molar-refractivity contribution in [3.8, 4) is 17.0 Å². The average molecular weight is 418 g/mol. The third-order valence-electron chi connectivity index (χ3n) is 6.32. The smallest absolute Gasteiger partial charge is 0.223 e. The van der Waals surface area contributed by atoms with E-state index >= 15 is 0 Å². The maximum Gasteiger partial charge on any atom is 0.223 e. The molecule has 1 aromatic heterocycles. The van der Waals surface area contributed by atoms with Crippen LogP contribution in [0.5, 0.6) is 5.75 Å². The summed E-state index contributed by atoms with van der Waals surface area (Å²) in [5.41, 5.74) is 3.30. The van der Waals surface area contributed by atoms with E-state index in [1.54, 1.807) is 7.11 Å². The lowest BCUT2D eigenvalue weighted by Crippen LogP contribution is -2.39. The molecule has 5 nitrogen and oxygen atoms in total. The van der Waals surface area contributed by atoms with Crippen LogP contribution in [0.1, 0.15) is 62.4 Å². The number of aromatic amines is 1. The van der Waals surface area contributed by atoms with Crippen LogP contribution in [-0.4, -0.2) is 34.4 Å². The van der Waals surface area contributed by atoms with Gasteiger partial charge in [0.1, 0.15) is 11.6 Å². The monoisotopic (exact) mass is 417 g/mol. The van der Waals surface area contributed by atoms with Crippen molar-refractivity contribution in [1.82, 2.24) is 14.9 Å². The maximum atomic E-state index is 13.4. The van der Waals surface area contributed by atoms with Gasteiger partial charge in [-0.05, 0) is 54.9 Å². The molecule has 1 aliphatic rings. The Balaban J connectivity index is 1.50. The second-order valence-electron chi connectivity index (χ2n) is 8.23. The molecule has 0 radical (unpaired) electrons. The first-order valence-corrected chi connectivity index (χ1v) is 11.2. The Bertz CT molecular complexity index is 981. The number of rotatable bonds is 7.